The molecule has 21 heavy (non-hydrogen) atoms. The van der Waals surface area contributed by atoms with E-state index in [4.69, 9.17) is 5.73 Å². The van der Waals surface area contributed by atoms with E-state index in [1.807, 2.05) is 18.2 Å². The molecule has 0 amide bonds. The lowest BCUT2D eigenvalue weighted by molar-refractivity contribution is 1.31. The highest BCUT2D eigenvalue weighted by Crippen LogP contribution is 2.29. The summed E-state index contributed by atoms with van der Waals surface area (Å²) in [5, 5.41) is 1.91. The van der Waals surface area contributed by atoms with Gasteiger partial charge in [0.15, 0.2) is 0 Å². The molecule has 1 aromatic carbocycles. The minimum atomic E-state index is 0.497. The normalized spacial score (nSPS) is 11.3. The molecular formula is C16H13N5. The fourth-order valence-electron chi connectivity index (χ4n) is 2.62. The fraction of sp³-hybridized carbons (Fsp3) is 0.0625. The summed E-state index contributed by atoms with van der Waals surface area (Å²) in [5.74, 6) is 0.497. The van der Waals surface area contributed by atoms with Gasteiger partial charge in [0.05, 0.1) is 23.1 Å². The van der Waals surface area contributed by atoms with Gasteiger partial charge < -0.3 is 10.7 Å². The number of aromatic amines is 1. The topological polar surface area (TPSA) is 80.5 Å². The molecule has 0 fully saturated rings. The van der Waals surface area contributed by atoms with Crippen molar-refractivity contribution in [3.05, 3.63) is 48.5 Å². The molecule has 3 N–H and O–H groups in total. The van der Waals surface area contributed by atoms with Crippen LogP contribution in [0.4, 0.5) is 5.82 Å². The maximum absolute atomic E-state index is 6.06. The van der Waals surface area contributed by atoms with E-state index >= 15 is 0 Å². The Bertz CT molecular complexity index is 971. The largest absolute Gasteiger partial charge is 0.383 e. The number of hydrogen-bond donors (Lipinski definition) is 2. The van der Waals surface area contributed by atoms with Crippen LogP contribution in [0.5, 0.6) is 0 Å². The number of anilines is 1. The molecule has 5 heteroatoms. The van der Waals surface area contributed by atoms with Crippen LogP contribution in [0.15, 0.2) is 43.0 Å². The maximum atomic E-state index is 6.06. The number of H-pyrrole nitrogens is 1. The molecular weight excluding hydrogens is 262 g/mol. The van der Waals surface area contributed by atoms with Crippen LogP contribution in [0, 0.1) is 6.92 Å². The molecule has 0 aliphatic rings. The number of aryl methyl sites for hydroxylation is 1. The Kier molecular flexibility index (Phi) is 2.41. The third kappa shape index (κ3) is 1.82. The zero-order valence-electron chi connectivity index (χ0n) is 11.5. The van der Waals surface area contributed by atoms with E-state index in [0.29, 0.717) is 5.82 Å². The van der Waals surface area contributed by atoms with Crippen molar-refractivity contribution in [3.8, 4) is 11.3 Å². The number of imidazole rings is 1. The standard InChI is InChI=1S/C16H13N5/c1-9-4-14-15(20-8-19-14)6-11(9)13-5-10-2-3-18-7-12(10)16(17)21-13/h2-8H,1H3,(H2,17,21)(H,19,20). The summed E-state index contributed by atoms with van der Waals surface area (Å²) < 4.78 is 0. The number of nitrogens with two attached hydrogens (primary N) is 1. The average molecular weight is 275 g/mol. The second-order valence-electron chi connectivity index (χ2n) is 5.08. The van der Waals surface area contributed by atoms with Crippen LogP contribution in [-0.2, 0) is 0 Å². The maximum Gasteiger partial charge on any atom is 0.133 e. The monoisotopic (exact) mass is 275 g/mol. The number of fused-ring (bicyclic) bond motifs is 2. The predicted octanol–water partition coefficient (Wildman–Crippen LogP) is 3.06. The molecule has 0 bridgehead atoms. The SMILES string of the molecule is Cc1cc2[nH]cnc2cc1-c1cc2ccncc2c(N)n1. The van der Waals surface area contributed by atoms with Gasteiger partial charge in [-0.05, 0) is 42.1 Å². The first-order chi connectivity index (χ1) is 10.2. The summed E-state index contributed by atoms with van der Waals surface area (Å²) in [4.78, 5) is 16.0. The number of aromatic nitrogens is 4. The number of hydrogen-bond acceptors (Lipinski definition) is 4. The summed E-state index contributed by atoms with van der Waals surface area (Å²) in [6, 6.07) is 8.09. The molecule has 4 rings (SSSR count). The molecule has 0 saturated heterocycles. The van der Waals surface area contributed by atoms with Gasteiger partial charge >= 0.3 is 0 Å². The summed E-state index contributed by atoms with van der Waals surface area (Å²) in [7, 11) is 0. The van der Waals surface area contributed by atoms with Gasteiger partial charge in [-0.25, -0.2) is 9.97 Å². The van der Waals surface area contributed by atoms with Crippen molar-refractivity contribution in [2.45, 2.75) is 6.92 Å². The molecule has 5 nitrogen and oxygen atoms in total. The highest BCUT2D eigenvalue weighted by Gasteiger charge is 2.10. The Labute approximate surface area is 120 Å². The lowest BCUT2D eigenvalue weighted by atomic mass is 10.0. The van der Waals surface area contributed by atoms with Crippen LogP contribution >= 0.6 is 0 Å². The molecule has 0 aliphatic heterocycles. The summed E-state index contributed by atoms with van der Waals surface area (Å²) in [6.45, 7) is 2.06. The molecule has 0 aliphatic carbocycles. The first kappa shape index (κ1) is 11.8. The molecule has 102 valence electrons. The second kappa shape index (κ2) is 4.28. The third-order valence-corrected chi connectivity index (χ3v) is 3.71. The van der Waals surface area contributed by atoms with Gasteiger partial charge in [0.25, 0.3) is 0 Å². The Balaban J connectivity index is 2.01. The highest BCUT2D eigenvalue weighted by molar-refractivity contribution is 5.94. The summed E-state index contributed by atoms with van der Waals surface area (Å²) in [5.41, 5.74) is 11.0. The molecule has 3 aromatic heterocycles. The number of nitrogens with zero attached hydrogens (tertiary/aromatic N) is 3. The number of rotatable bonds is 1. The quantitative estimate of drug-likeness (QED) is 0.559. The summed E-state index contributed by atoms with van der Waals surface area (Å²) >= 11 is 0. The fourth-order valence-corrected chi connectivity index (χ4v) is 2.62. The van der Waals surface area contributed by atoms with Gasteiger partial charge in [-0.3, -0.25) is 4.98 Å². The van der Waals surface area contributed by atoms with E-state index in [2.05, 4.69) is 32.9 Å². The van der Waals surface area contributed by atoms with Crippen LogP contribution in [-0.4, -0.2) is 19.9 Å². The molecule has 4 aromatic rings. The minimum absolute atomic E-state index is 0.497. The molecule has 0 atom stereocenters. The zero-order valence-corrected chi connectivity index (χ0v) is 11.5. The molecule has 0 radical (unpaired) electrons. The first-order valence-electron chi connectivity index (χ1n) is 6.67. The average Bonchev–Trinajstić information content (AvgIpc) is 2.93. The van der Waals surface area contributed by atoms with Crippen molar-refractivity contribution < 1.29 is 0 Å². The molecule has 0 saturated carbocycles. The molecule has 0 unspecified atom stereocenters. The number of pyridine rings is 2. The van der Waals surface area contributed by atoms with Gasteiger partial charge in [-0.2, -0.15) is 0 Å². The van der Waals surface area contributed by atoms with E-state index in [1.165, 1.54) is 0 Å². The minimum Gasteiger partial charge on any atom is -0.383 e. The van der Waals surface area contributed by atoms with Crippen LogP contribution in [0.2, 0.25) is 0 Å². The van der Waals surface area contributed by atoms with Gasteiger partial charge in [0.2, 0.25) is 0 Å². The Morgan fingerprint density at radius 3 is 3.00 bits per heavy atom. The lowest BCUT2D eigenvalue weighted by Crippen LogP contribution is -1.96. The van der Waals surface area contributed by atoms with Crippen molar-refractivity contribution in [1.29, 1.82) is 0 Å². The van der Waals surface area contributed by atoms with Crippen LogP contribution in [0.3, 0.4) is 0 Å². The Hall–Kier alpha value is -2.95. The Morgan fingerprint density at radius 2 is 2.10 bits per heavy atom. The van der Waals surface area contributed by atoms with Crippen molar-refractivity contribution in [2.75, 3.05) is 5.73 Å². The zero-order chi connectivity index (χ0) is 14.4. The van der Waals surface area contributed by atoms with Gasteiger partial charge in [0, 0.05) is 23.3 Å². The van der Waals surface area contributed by atoms with Crippen molar-refractivity contribution >= 4 is 27.6 Å². The smallest absolute Gasteiger partial charge is 0.133 e. The van der Waals surface area contributed by atoms with E-state index in [1.54, 1.807) is 18.7 Å². The summed E-state index contributed by atoms with van der Waals surface area (Å²) in [6.07, 6.45) is 5.20. The van der Waals surface area contributed by atoms with E-state index < -0.39 is 0 Å². The van der Waals surface area contributed by atoms with Crippen molar-refractivity contribution in [1.82, 2.24) is 19.9 Å². The van der Waals surface area contributed by atoms with Gasteiger partial charge in [-0.1, -0.05) is 0 Å². The Morgan fingerprint density at radius 1 is 1.19 bits per heavy atom. The van der Waals surface area contributed by atoms with E-state index in [9.17, 15) is 0 Å². The number of benzene rings is 1. The van der Waals surface area contributed by atoms with Crippen molar-refractivity contribution in [2.24, 2.45) is 0 Å². The third-order valence-electron chi connectivity index (χ3n) is 3.71. The van der Waals surface area contributed by atoms with Crippen LogP contribution < -0.4 is 5.73 Å². The van der Waals surface area contributed by atoms with Crippen LogP contribution in [0.1, 0.15) is 5.56 Å². The van der Waals surface area contributed by atoms with Crippen LogP contribution in [0.25, 0.3) is 33.1 Å². The van der Waals surface area contributed by atoms with Gasteiger partial charge in [-0.15, -0.1) is 0 Å². The molecule has 3 heterocycles. The van der Waals surface area contributed by atoms with Crippen molar-refractivity contribution in [3.63, 3.8) is 0 Å². The highest BCUT2D eigenvalue weighted by atomic mass is 14.9. The first-order valence-corrected chi connectivity index (χ1v) is 6.67. The van der Waals surface area contributed by atoms with E-state index in [-0.39, 0.29) is 0 Å². The van der Waals surface area contributed by atoms with Gasteiger partial charge in [0.1, 0.15) is 5.82 Å². The van der Waals surface area contributed by atoms with E-state index in [0.717, 1.165) is 38.6 Å². The number of nitrogen functional groups attached to an aromatic ring is 1. The predicted molar refractivity (Wildman–Crippen MR) is 83.8 cm³/mol. The second-order valence-corrected chi connectivity index (χ2v) is 5.08. The molecule has 0 spiro atoms. The lowest BCUT2D eigenvalue weighted by Gasteiger charge is -2.08. The number of nitrogens with one attached hydrogen (secondary N) is 1.